The van der Waals surface area contributed by atoms with E-state index in [-0.39, 0.29) is 0 Å². The van der Waals surface area contributed by atoms with Gasteiger partial charge >= 0.3 is 0 Å². The number of rotatable bonds is 6. The number of nitrogens with zero attached hydrogens (tertiary/aromatic N) is 1. The van der Waals surface area contributed by atoms with Gasteiger partial charge in [-0.3, -0.25) is 4.90 Å². The van der Waals surface area contributed by atoms with Crippen LogP contribution in [0, 0.1) is 0 Å². The molecule has 1 N–H and O–H groups in total. The van der Waals surface area contributed by atoms with Crippen molar-refractivity contribution in [3.8, 4) is 11.1 Å². The summed E-state index contributed by atoms with van der Waals surface area (Å²) in [5.74, 6) is 0. The number of hydrogen-bond acceptors (Lipinski definition) is 2. The molecule has 22 heavy (non-hydrogen) atoms. The van der Waals surface area contributed by atoms with Crippen molar-refractivity contribution in [1.29, 1.82) is 0 Å². The molecule has 1 aliphatic rings. The van der Waals surface area contributed by atoms with E-state index in [1.165, 1.54) is 42.6 Å². The molecule has 0 bridgehead atoms. The minimum atomic E-state index is 0.730. The van der Waals surface area contributed by atoms with Gasteiger partial charge in [0.2, 0.25) is 0 Å². The zero-order valence-electron chi connectivity index (χ0n) is 13.5. The monoisotopic (exact) mass is 294 g/mol. The highest BCUT2D eigenvalue weighted by Crippen LogP contribution is 2.19. The Balaban J connectivity index is 1.51. The Bertz CT molecular complexity index is 562. The van der Waals surface area contributed by atoms with E-state index in [1.807, 2.05) is 0 Å². The second kappa shape index (κ2) is 7.57. The van der Waals surface area contributed by atoms with Gasteiger partial charge in [-0.25, -0.2) is 0 Å². The first-order valence-electron chi connectivity index (χ1n) is 8.46. The lowest BCUT2D eigenvalue weighted by Crippen LogP contribution is -2.37. The fourth-order valence-electron chi connectivity index (χ4n) is 3.37. The number of benzene rings is 2. The molecule has 0 spiro atoms. The molecule has 1 heterocycles. The summed E-state index contributed by atoms with van der Waals surface area (Å²) in [4.78, 5) is 2.59. The fraction of sp³-hybridized carbons (Fsp3) is 0.400. The average Bonchev–Trinajstić information content (AvgIpc) is 3.04. The summed E-state index contributed by atoms with van der Waals surface area (Å²) < 4.78 is 0. The third-order valence-corrected chi connectivity index (χ3v) is 4.68. The van der Waals surface area contributed by atoms with Gasteiger partial charge in [0.1, 0.15) is 0 Å². The van der Waals surface area contributed by atoms with E-state index in [0.717, 1.165) is 19.1 Å². The van der Waals surface area contributed by atoms with Crippen LogP contribution in [0.5, 0.6) is 0 Å². The van der Waals surface area contributed by atoms with E-state index in [4.69, 9.17) is 0 Å². The second-order valence-electron chi connectivity index (χ2n) is 6.12. The van der Waals surface area contributed by atoms with E-state index in [9.17, 15) is 0 Å². The summed E-state index contributed by atoms with van der Waals surface area (Å²) >= 11 is 0. The van der Waals surface area contributed by atoms with Gasteiger partial charge in [0.05, 0.1) is 0 Å². The Morgan fingerprint density at radius 3 is 2.45 bits per heavy atom. The van der Waals surface area contributed by atoms with Crippen LogP contribution in [0.25, 0.3) is 11.1 Å². The first-order chi connectivity index (χ1) is 10.9. The third kappa shape index (κ3) is 3.76. The van der Waals surface area contributed by atoms with Gasteiger partial charge in [0.25, 0.3) is 0 Å². The SMILES string of the molecule is CCN1CCC[C@H]1CNCc1ccc(-c2ccccc2)cc1. The maximum Gasteiger partial charge on any atom is 0.0221 e. The first-order valence-corrected chi connectivity index (χ1v) is 8.46. The molecule has 3 rings (SSSR count). The van der Waals surface area contributed by atoms with Gasteiger partial charge < -0.3 is 5.32 Å². The molecule has 116 valence electrons. The van der Waals surface area contributed by atoms with E-state index in [0.29, 0.717) is 0 Å². The van der Waals surface area contributed by atoms with Crippen molar-refractivity contribution in [2.45, 2.75) is 32.4 Å². The van der Waals surface area contributed by atoms with Gasteiger partial charge in [-0.1, -0.05) is 61.5 Å². The molecule has 1 aliphatic heterocycles. The number of likely N-dealkylation sites (N-methyl/N-ethyl adjacent to an activating group) is 1. The minimum absolute atomic E-state index is 0.730. The zero-order valence-corrected chi connectivity index (χ0v) is 13.5. The predicted molar refractivity (Wildman–Crippen MR) is 93.9 cm³/mol. The van der Waals surface area contributed by atoms with E-state index >= 15 is 0 Å². The average molecular weight is 294 g/mol. The van der Waals surface area contributed by atoms with Crippen molar-refractivity contribution in [3.63, 3.8) is 0 Å². The maximum absolute atomic E-state index is 3.63. The molecule has 2 heteroatoms. The van der Waals surface area contributed by atoms with Crippen LogP contribution in [-0.2, 0) is 6.54 Å². The van der Waals surface area contributed by atoms with Crippen LogP contribution in [-0.4, -0.2) is 30.6 Å². The van der Waals surface area contributed by atoms with Crippen LogP contribution < -0.4 is 5.32 Å². The van der Waals surface area contributed by atoms with Crippen molar-refractivity contribution in [2.75, 3.05) is 19.6 Å². The summed E-state index contributed by atoms with van der Waals surface area (Å²) in [6.07, 6.45) is 2.69. The van der Waals surface area contributed by atoms with Gasteiger partial charge in [-0.05, 0) is 42.6 Å². The maximum atomic E-state index is 3.63. The molecule has 1 saturated heterocycles. The molecular formula is C20H26N2. The lowest BCUT2D eigenvalue weighted by Gasteiger charge is -2.23. The summed E-state index contributed by atoms with van der Waals surface area (Å²) in [6.45, 7) is 6.78. The number of likely N-dealkylation sites (tertiary alicyclic amines) is 1. The fourth-order valence-corrected chi connectivity index (χ4v) is 3.37. The number of hydrogen-bond donors (Lipinski definition) is 1. The van der Waals surface area contributed by atoms with Crippen molar-refractivity contribution < 1.29 is 0 Å². The molecule has 0 radical (unpaired) electrons. The van der Waals surface area contributed by atoms with Gasteiger partial charge in [-0.2, -0.15) is 0 Å². The van der Waals surface area contributed by atoms with Crippen LogP contribution in [0.1, 0.15) is 25.3 Å². The molecule has 0 aromatic heterocycles. The lowest BCUT2D eigenvalue weighted by molar-refractivity contribution is 0.260. The van der Waals surface area contributed by atoms with Gasteiger partial charge in [0.15, 0.2) is 0 Å². The molecular weight excluding hydrogens is 268 g/mol. The minimum Gasteiger partial charge on any atom is -0.311 e. The van der Waals surface area contributed by atoms with Crippen LogP contribution in [0.15, 0.2) is 54.6 Å². The molecule has 2 aromatic rings. The highest BCUT2D eigenvalue weighted by atomic mass is 15.2. The van der Waals surface area contributed by atoms with Crippen molar-refractivity contribution >= 4 is 0 Å². The molecule has 2 aromatic carbocycles. The molecule has 1 fully saturated rings. The Kier molecular flexibility index (Phi) is 5.25. The van der Waals surface area contributed by atoms with Gasteiger partial charge in [-0.15, -0.1) is 0 Å². The Morgan fingerprint density at radius 2 is 1.73 bits per heavy atom. The second-order valence-corrected chi connectivity index (χ2v) is 6.12. The highest BCUT2D eigenvalue weighted by Gasteiger charge is 2.21. The summed E-state index contributed by atoms with van der Waals surface area (Å²) in [5.41, 5.74) is 3.93. The Morgan fingerprint density at radius 1 is 1.00 bits per heavy atom. The Hall–Kier alpha value is -1.64. The summed E-state index contributed by atoms with van der Waals surface area (Å²) in [5, 5.41) is 3.63. The molecule has 0 saturated carbocycles. The molecule has 0 aliphatic carbocycles. The van der Waals surface area contributed by atoms with Crippen LogP contribution >= 0.6 is 0 Å². The quantitative estimate of drug-likeness (QED) is 0.868. The van der Waals surface area contributed by atoms with Crippen molar-refractivity contribution in [3.05, 3.63) is 60.2 Å². The Labute approximate surface area is 134 Å². The topological polar surface area (TPSA) is 15.3 Å². The van der Waals surface area contributed by atoms with Gasteiger partial charge in [0, 0.05) is 19.1 Å². The van der Waals surface area contributed by atoms with Crippen LogP contribution in [0.2, 0.25) is 0 Å². The van der Waals surface area contributed by atoms with Crippen molar-refractivity contribution in [2.24, 2.45) is 0 Å². The normalized spacial score (nSPS) is 18.7. The molecule has 0 amide bonds. The summed E-state index contributed by atoms with van der Waals surface area (Å²) in [7, 11) is 0. The first kappa shape index (κ1) is 15.3. The van der Waals surface area contributed by atoms with Crippen LogP contribution in [0.3, 0.4) is 0 Å². The summed E-state index contributed by atoms with van der Waals surface area (Å²) in [6, 6.07) is 20.2. The molecule has 1 atom stereocenters. The lowest BCUT2D eigenvalue weighted by atomic mass is 10.0. The van der Waals surface area contributed by atoms with E-state index in [2.05, 4.69) is 71.7 Å². The zero-order chi connectivity index (χ0) is 15.2. The molecule has 2 nitrogen and oxygen atoms in total. The smallest absolute Gasteiger partial charge is 0.0221 e. The van der Waals surface area contributed by atoms with Crippen LogP contribution in [0.4, 0.5) is 0 Å². The standard InChI is InChI=1S/C20H26N2/c1-2-22-14-6-9-20(22)16-21-15-17-10-12-19(13-11-17)18-7-4-3-5-8-18/h3-5,7-8,10-13,20-21H,2,6,9,14-16H2,1H3/t20-/m0/s1. The van der Waals surface area contributed by atoms with Crippen molar-refractivity contribution in [1.82, 2.24) is 10.2 Å². The molecule has 0 unspecified atom stereocenters. The van der Waals surface area contributed by atoms with E-state index in [1.54, 1.807) is 0 Å². The largest absolute Gasteiger partial charge is 0.311 e. The number of nitrogens with one attached hydrogen (secondary N) is 1. The predicted octanol–water partition coefficient (Wildman–Crippen LogP) is 3.93. The third-order valence-electron chi connectivity index (χ3n) is 4.68. The highest BCUT2D eigenvalue weighted by molar-refractivity contribution is 5.63. The van der Waals surface area contributed by atoms with E-state index < -0.39 is 0 Å².